The molecule has 2 aromatic rings. The second kappa shape index (κ2) is 7.86. The highest BCUT2D eigenvalue weighted by Crippen LogP contribution is 2.45. The number of carbonyl (C=O) groups excluding carboxylic acids is 2. The number of nitrogens with zero attached hydrogens (tertiary/aromatic N) is 2. The molecule has 2 aliphatic heterocycles. The monoisotopic (exact) mass is 458 g/mol. The van der Waals surface area contributed by atoms with Crippen LogP contribution in [0, 0.1) is 0 Å². The number of rotatable bonds is 4. The highest BCUT2D eigenvalue weighted by Gasteiger charge is 2.44. The number of fused-ring (bicyclic) bond motifs is 1. The molecule has 2 aliphatic rings. The van der Waals surface area contributed by atoms with Gasteiger partial charge in [-0.05, 0) is 30.7 Å². The molecule has 6 nitrogen and oxygen atoms in total. The molecular weight excluding hydrogens is 444 g/mol. The van der Waals surface area contributed by atoms with E-state index in [1.807, 2.05) is 24.3 Å². The van der Waals surface area contributed by atoms with Crippen molar-refractivity contribution in [2.24, 2.45) is 0 Å². The van der Waals surface area contributed by atoms with E-state index >= 15 is 0 Å². The first-order valence-electron chi connectivity index (χ1n) is 8.97. The summed E-state index contributed by atoms with van der Waals surface area (Å²) in [6.45, 7) is 1.69. The van der Waals surface area contributed by atoms with Crippen LogP contribution in [0.1, 0.15) is 18.1 Å². The summed E-state index contributed by atoms with van der Waals surface area (Å²) < 4.78 is 0.124. The summed E-state index contributed by atoms with van der Waals surface area (Å²) in [6.07, 6.45) is 0. The molecule has 2 aromatic carbocycles. The van der Waals surface area contributed by atoms with E-state index in [0.29, 0.717) is 22.8 Å². The van der Waals surface area contributed by atoms with E-state index in [2.05, 4.69) is 0 Å². The van der Waals surface area contributed by atoms with Crippen molar-refractivity contribution < 1.29 is 19.5 Å². The Hall–Kier alpha value is -2.68. The molecule has 1 saturated heterocycles. The van der Waals surface area contributed by atoms with E-state index in [1.165, 1.54) is 6.92 Å². The standard InChI is InChI=1S/C21H15ClN2O4S2/c1-11(20(27)28)24-19(26)17(30-21(24)29)16-14-4-2-3-5-15(14)23(18(16)25)10-12-6-8-13(22)9-7-12/h2-9,11H,10H2,1H3,(H,27,28)/b17-16-/t11-/m1/s1. The topological polar surface area (TPSA) is 77.9 Å². The first-order valence-corrected chi connectivity index (χ1v) is 10.6. The van der Waals surface area contributed by atoms with Crippen LogP contribution in [0.4, 0.5) is 5.69 Å². The lowest BCUT2D eigenvalue weighted by molar-refractivity contribution is -0.144. The van der Waals surface area contributed by atoms with Crippen LogP contribution in [0.25, 0.3) is 5.57 Å². The van der Waals surface area contributed by atoms with Crippen molar-refractivity contribution in [2.75, 3.05) is 4.90 Å². The van der Waals surface area contributed by atoms with Gasteiger partial charge in [0, 0.05) is 10.6 Å². The summed E-state index contributed by atoms with van der Waals surface area (Å²) in [5.74, 6) is -2.05. The van der Waals surface area contributed by atoms with E-state index in [0.717, 1.165) is 22.2 Å². The number of hydrogen-bond donors (Lipinski definition) is 1. The number of anilines is 1. The van der Waals surface area contributed by atoms with Crippen LogP contribution in [0.15, 0.2) is 53.4 Å². The first kappa shape index (κ1) is 20.6. The van der Waals surface area contributed by atoms with E-state index in [1.54, 1.807) is 29.2 Å². The molecule has 1 atom stereocenters. The quantitative estimate of drug-likeness (QED) is 0.552. The number of carboxylic acids is 1. The highest BCUT2D eigenvalue weighted by atomic mass is 35.5. The molecule has 2 amide bonds. The van der Waals surface area contributed by atoms with Gasteiger partial charge in [0.15, 0.2) is 0 Å². The Kier molecular flexibility index (Phi) is 5.40. The fourth-order valence-electron chi connectivity index (χ4n) is 3.40. The van der Waals surface area contributed by atoms with Crippen molar-refractivity contribution in [3.8, 4) is 0 Å². The SMILES string of the molecule is C[C@H](C(=O)O)N1C(=O)/C(=C2/C(=O)N(Cc3ccc(Cl)cc3)c3ccccc32)SC1=S. The Morgan fingerprint density at radius 3 is 2.47 bits per heavy atom. The van der Waals surface area contributed by atoms with Gasteiger partial charge in [-0.25, -0.2) is 4.79 Å². The summed E-state index contributed by atoms with van der Waals surface area (Å²) in [5, 5.41) is 9.90. The van der Waals surface area contributed by atoms with Gasteiger partial charge >= 0.3 is 5.97 Å². The molecule has 0 saturated carbocycles. The second-order valence-corrected chi connectivity index (χ2v) is 8.88. The van der Waals surface area contributed by atoms with Crippen LogP contribution < -0.4 is 4.90 Å². The fraction of sp³-hybridized carbons (Fsp3) is 0.143. The Labute approximate surface area is 187 Å². The average Bonchev–Trinajstić information content (AvgIpc) is 3.16. The number of halogens is 1. The summed E-state index contributed by atoms with van der Waals surface area (Å²) >= 11 is 12.2. The zero-order chi connectivity index (χ0) is 21.6. The van der Waals surface area contributed by atoms with Crippen LogP contribution in [-0.2, 0) is 20.9 Å². The van der Waals surface area contributed by atoms with E-state index in [4.69, 9.17) is 23.8 Å². The largest absolute Gasteiger partial charge is 0.480 e. The fourth-order valence-corrected chi connectivity index (χ4v) is 5.02. The van der Waals surface area contributed by atoms with Crippen LogP contribution in [0.2, 0.25) is 5.02 Å². The lowest BCUT2D eigenvalue weighted by Crippen LogP contribution is -2.41. The number of amides is 2. The second-order valence-electron chi connectivity index (χ2n) is 6.80. The van der Waals surface area contributed by atoms with Gasteiger partial charge in [0.05, 0.1) is 22.7 Å². The maximum atomic E-state index is 13.4. The van der Waals surface area contributed by atoms with Gasteiger partial charge in [-0.15, -0.1) is 0 Å². The van der Waals surface area contributed by atoms with Gasteiger partial charge in [-0.2, -0.15) is 0 Å². The maximum Gasteiger partial charge on any atom is 0.326 e. The normalized spacial score (nSPS) is 19.5. The van der Waals surface area contributed by atoms with Crippen LogP contribution >= 0.6 is 35.6 Å². The van der Waals surface area contributed by atoms with Crippen molar-refractivity contribution >= 4 is 68.9 Å². The van der Waals surface area contributed by atoms with E-state index in [9.17, 15) is 19.5 Å². The Morgan fingerprint density at radius 2 is 1.80 bits per heavy atom. The number of aliphatic carboxylic acids is 1. The van der Waals surface area contributed by atoms with Crippen molar-refractivity contribution in [3.63, 3.8) is 0 Å². The zero-order valence-electron chi connectivity index (χ0n) is 15.7. The molecule has 1 fully saturated rings. The van der Waals surface area contributed by atoms with Crippen molar-refractivity contribution in [3.05, 3.63) is 69.6 Å². The predicted octanol–water partition coefficient (Wildman–Crippen LogP) is 3.93. The summed E-state index contributed by atoms with van der Waals surface area (Å²) in [7, 11) is 0. The Bertz CT molecular complexity index is 1130. The van der Waals surface area contributed by atoms with Gasteiger partial charge < -0.3 is 10.0 Å². The van der Waals surface area contributed by atoms with Gasteiger partial charge in [0.25, 0.3) is 11.8 Å². The third-order valence-electron chi connectivity index (χ3n) is 4.95. The number of carboxylic acid groups (broad SMARTS) is 1. The van der Waals surface area contributed by atoms with Crippen LogP contribution in [-0.4, -0.2) is 38.2 Å². The number of thiocarbonyl (C=S) groups is 1. The molecule has 9 heteroatoms. The molecule has 0 radical (unpaired) electrons. The molecule has 0 unspecified atom stereocenters. The third kappa shape index (κ3) is 3.40. The van der Waals surface area contributed by atoms with Crippen molar-refractivity contribution in [2.45, 2.75) is 19.5 Å². The highest BCUT2D eigenvalue weighted by molar-refractivity contribution is 8.26. The predicted molar refractivity (Wildman–Crippen MR) is 120 cm³/mol. The minimum Gasteiger partial charge on any atom is -0.480 e. The summed E-state index contributed by atoms with van der Waals surface area (Å²) in [4.78, 5) is 40.6. The van der Waals surface area contributed by atoms with Gasteiger partial charge in [0.2, 0.25) is 0 Å². The zero-order valence-corrected chi connectivity index (χ0v) is 18.1. The molecular formula is C21H15ClN2O4S2. The smallest absolute Gasteiger partial charge is 0.326 e. The Morgan fingerprint density at radius 1 is 1.13 bits per heavy atom. The average molecular weight is 459 g/mol. The van der Waals surface area contributed by atoms with E-state index in [-0.39, 0.29) is 20.7 Å². The number of carbonyl (C=O) groups is 3. The van der Waals surface area contributed by atoms with Crippen LogP contribution in [0.3, 0.4) is 0 Å². The number of benzene rings is 2. The maximum absolute atomic E-state index is 13.4. The molecule has 152 valence electrons. The molecule has 0 aromatic heterocycles. The minimum absolute atomic E-state index is 0.124. The van der Waals surface area contributed by atoms with Crippen LogP contribution in [0.5, 0.6) is 0 Å². The number of hydrogen-bond acceptors (Lipinski definition) is 5. The molecule has 1 N–H and O–H groups in total. The molecule has 0 aliphatic carbocycles. The van der Waals surface area contributed by atoms with Gasteiger partial charge in [0.1, 0.15) is 10.4 Å². The summed E-state index contributed by atoms with van der Waals surface area (Å²) in [6, 6.07) is 13.3. The lowest BCUT2D eigenvalue weighted by atomic mass is 10.1. The van der Waals surface area contributed by atoms with Gasteiger partial charge in [-0.3, -0.25) is 14.5 Å². The van der Waals surface area contributed by atoms with E-state index < -0.39 is 17.9 Å². The molecule has 4 rings (SSSR count). The number of para-hydroxylation sites is 1. The molecule has 2 heterocycles. The lowest BCUT2D eigenvalue weighted by Gasteiger charge is -2.19. The Balaban J connectivity index is 1.77. The third-order valence-corrected chi connectivity index (χ3v) is 6.60. The summed E-state index contributed by atoms with van der Waals surface area (Å²) in [5.41, 5.74) is 2.44. The first-order chi connectivity index (χ1) is 14.3. The van der Waals surface area contributed by atoms with Crippen molar-refractivity contribution in [1.82, 2.24) is 4.90 Å². The minimum atomic E-state index is -1.17. The molecule has 0 spiro atoms. The molecule has 0 bridgehead atoms. The number of thioether (sulfide) groups is 1. The van der Waals surface area contributed by atoms with Gasteiger partial charge in [-0.1, -0.05) is 65.9 Å². The van der Waals surface area contributed by atoms with Crippen molar-refractivity contribution in [1.29, 1.82) is 0 Å². The molecule has 30 heavy (non-hydrogen) atoms.